The standard InChI is InChI=1S/C29H31NO5/c1-29(2,3)35-28(32)30-17-16-23-18-24(33-19-21-10-6-4-7-11-21)14-15-25(23)26(30)27(31)34-20-22-12-8-5-9-13-22/h4-15,18,26H,16-17,19-20H2,1-3H3. The molecular formula is C29H31NO5. The number of carbonyl (C=O) groups excluding carboxylic acids is 2. The lowest BCUT2D eigenvalue weighted by Gasteiger charge is -2.36. The molecule has 1 unspecified atom stereocenters. The quantitative estimate of drug-likeness (QED) is 0.421. The lowest BCUT2D eigenvalue weighted by Crippen LogP contribution is -2.46. The minimum Gasteiger partial charge on any atom is -0.489 e. The predicted octanol–water partition coefficient (Wildman–Crippen LogP) is 5.84. The highest BCUT2D eigenvalue weighted by Gasteiger charge is 2.39. The summed E-state index contributed by atoms with van der Waals surface area (Å²) in [7, 11) is 0. The van der Waals surface area contributed by atoms with Crippen LogP contribution in [-0.4, -0.2) is 29.1 Å². The molecule has 0 fully saturated rings. The molecule has 6 nitrogen and oxygen atoms in total. The molecule has 3 aromatic rings. The van der Waals surface area contributed by atoms with Crippen molar-refractivity contribution in [3.63, 3.8) is 0 Å². The Morgan fingerprint density at radius 1 is 0.886 bits per heavy atom. The number of hydrogen-bond donors (Lipinski definition) is 0. The van der Waals surface area contributed by atoms with Gasteiger partial charge in [-0.05, 0) is 61.6 Å². The fourth-order valence-corrected chi connectivity index (χ4v) is 4.01. The van der Waals surface area contributed by atoms with Crippen LogP contribution in [0, 0.1) is 0 Å². The third kappa shape index (κ3) is 6.41. The van der Waals surface area contributed by atoms with E-state index in [0.717, 1.165) is 28.0 Å². The average molecular weight is 474 g/mol. The number of amides is 1. The Bertz CT molecular complexity index is 1150. The van der Waals surface area contributed by atoms with E-state index >= 15 is 0 Å². The molecule has 0 radical (unpaired) electrons. The van der Waals surface area contributed by atoms with Gasteiger partial charge in [0.05, 0.1) is 0 Å². The van der Waals surface area contributed by atoms with Crippen LogP contribution in [0.5, 0.6) is 5.75 Å². The highest BCUT2D eigenvalue weighted by Crippen LogP contribution is 2.34. The third-order valence-corrected chi connectivity index (χ3v) is 5.67. The lowest BCUT2D eigenvalue weighted by molar-refractivity contribution is -0.152. The molecule has 0 aliphatic carbocycles. The summed E-state index contributed by atoms with van der Waals surface area (Å²) in [5, 5.41) is 0. The van der Waals surface area contributed by atoms with Gasteiger partial charge >= 0.3 is 12.1 Å². The van der Waals surface area contributed by atoms with Crippen molar-refractivity contribution in [2.75, 3.05) is 6.54 Å². The summed E-state index contributed by atoms with van der Waals surface area (Å²) >= 11 is 0. The monoisotopic (exact) mass is 473 g/mol. The van der Waals surface area contributed by atoms with Gasteiger partial charge in [-0.3, -0.25) is 4.90 Å². The largest absolute Gasteiger partial charge is 0.489 e. The molecule has 1 aliphatic heterocycles. The Kier molecular flexibility index (Phi) is 7.39. The van der Waals surface area contributed by atoms with E-state index in [-0.39, 0.29) is 6.61 Å². The molecule has 1 heterocycles. The van der Waals surface area contributed by atoms with Crippen LogP contribution in [0.1, 0.15) is 49.1 Å². The Hall–Kier alpha value is -3.80. The van der Waals surface area contributed by atoms with E-state index in [4.69, 9.17) is 14.2 Å². The van der Waals surface area contributed by atoms with Crippen molar-refractivity contribution in [3.8, 4) is 5.75 Å². The van der Waals surface area contributed by atoms with Crippen molar-refractivity contribution in [2.24, 2.45) is 0 Å². The summed E-state index contributed by atoms with van der Waals surface area (Å²) in [6, 6.07) is 24.2. The molecule has 4 rings (SSSR count). The summed E-state index contributed by atoms with van der Waals surface area (Å²) in [5.74, 6) is 0.230. The molecule has 0 N–H and O–H groups in total. The SMILES string of the molecule is CC(C)(C)OC(=O)N1CCc2cc(OCc3ccccc3)ccc2C1C(=O)OCc1ccccc1. The van der Waals surface area contributed by atoms with Crippen LogP contribution < -0.4 is 4.74 Å². The fourth-order valence-electron chi connectivity index (χ4n) is 4.01. The number of carbonyl (C=O) groups is 2. The van der Waals surface area contributed by atoms with Crippen LogP contribution in [0.15, 0.2) is 78.9 Å². The predicted molar refractivity (Wildman–Crippen MR) is 133 cm³/mol. The number of benzene rings is 3. The molecule has 0 saturated carbocycles. The first-order chi connectivity index (χ1) is 16.8. The van der Waals surface area contributed by atoms with Crippen LogP contribution in [0.2, 0.25) is 0 Å². The van der Waals surface area contributed by atoms with Crippen LogP contribution in [0.25, 0.3) is 0 Å². The molecule has 1 aliphatic rings. The Morgan fingerprint density at radius 2 is 1.51 bits per heavy atom. The van der Waals surface area contributed by atoms with E-state index in [0.29, 0.717) is 19.6 Å². The Morgan fingerprint density at radius 3 is 2.14 bits per heavy atom. The summed E-state index contributed by atoms with van der Waals surface area (Å²) in [5.41, 5.74) is 2.96. The first-order valence-electron chi connectivity index (χ1n) is 11.8. The van der Waals surface area contributed by atoms with E-state index < -0.39 is 23.7 Å². The van der Waals surface area contributed by atoms with Gasteiger partial charge in [0, 0.05) is 6.54 Å². The molecule has 3 aromatic carbocycles. The number of esters is 1. The molecule has 0 aromatic heterocycles. The zero-order valence-corrected chi connectivity index (χ0v) is 20.4. The first-order valence-corrected chi connectivity index (χ1v) is 11.8. The van der Waals surface area contributed by atoms with Gasteiger partial charge in [0.1, 0.15) is 24.6 Å². The number of hydrogen-bond acceptors (Lipinski definition) is 5. The van der Waals surface area contributed by atoms with Crippen LogP contribution >= 0.6 is 0 Å². The number of nitrogens with zero attached hydrogens (tertiary/aromatic N) is 1. The summed E-state index contributed by atoms with van der Waals surface area (Å²) in [4.78, 5) is 27.8. The minimum atomic E-state index is -0.888. The average Bonchev–Trinajstić information content (AvgIpc) is 2.85. The van der Waals surface area contributed by atoms with Crippen molar-refractivity contribution >= 4 is 12.1 Å². The summed E-state index contributed by atoms with van der Waals surface area (Å²) in [6.45, 7) is 6.35. The second-order valence-electron chi connectivity index (χ2n) is 9.55. The van der Waals surface area contributed by atoms with Crippen molar-refractivity contribution in [1.82, 2.24) is 4.90 Å². The van der Waals surface area contributed by atoms with Gasteiger partial charge in [0.15, 0.2) is 6.04 Å². The van der Waals surface area contributed by atoms with Gasteiger partial charge in [-0.25, -0.2) is 9.59 Å². The molecule has 0 bridgehead atoms. The number of rotatable bonds is 6. The van der Waals surface area contributed by atoms with Gasteiger partial charge in [-0.1, -0.05) is 66.7 Å². The highest BCUT2D eigenvalue weighted by atomic mass is 16.6. The molecule has 0 saturated heterocycles. The van der Waals surface area contributed by atoms with Crippen molar-refractivity contribution in [3.05, 3.63) is 101 Å². The molecule has 0 spiro atoms. The number of ether oxygens (including phenoxy) is 3. The molecule has 1 atom stereocenters. The van der Waals surface area contributed by atoms with Crippen LogP contribution in [0.4, 0.5) is 4.79 Å². The van der Waals surface area contributed by atoms with Gasteiger partial charge in [0.2, 0.25) is 0 Å². The van der Waals surface area contributed by atoms with E-state index in [1.54, 1.807) is 0 Å². The minimum absolute atomic E-state index is 0.131. The van der Waals surface area contributed by atoms with Crippen LogP contribution in [-0.2, 0) is 33.9 Å². The van der Waals surface area contributed by atoms with E-state index in [9.17, 15) is 9.59 Å². The first kappa shape index (κ1) is 24.3. The Balaban J connectivity index is 1.56. The zero-order valence-electron chi connectivity index (χ0n) is 20.4. The van der Waals surface area contributed by atoms with Crippen molar-refractivity contribution in [2.45, 2.75) is 52.0 Å². The van der Waals surface area contributed by atoms with Crippen molar-refractivity contribution < 1.29 is 23.8 Å². The van der Waals surface area contributed by atoms with Gasteiger partial charge in [0.25, 0.3) is 0 Å². The molecule has 6 heteroatoms. The van der Waals surface area contributed by atoms with Gasteiger partial charge < -0.3 is 14.2 Å². The van der Waals surface area contributed by atoms with E-state index in [1.807, 2.05) is 99.6 Å². The van der Waals surface area contributed by atoms with Crippen molar-refractivity contribution in [1.29, 1.82) is 0 Å². The number of fused-ring (bicyclic) bond motifs is 1. The van der Waals surface area contributed by atoms with Crippen LogP contribution in [0.3, 0.4) is 0 Å². The maximum atomic E-state index is 13.3. The van der Waals surface area contributed by atoms with E-state index in [1.165, 1.54) is 4.90 Å². The summed E-state index contributed by atoms with van der Waals surface area (Å²) < 4.78 is 17.2. The second kappa shape index (κ2) is 10.6. The summed E-state index contributed by atoms with van der Waals surface area (Å²) in [6.07, 6.45) is 0.0498. The second-order valence-corrected chi connectivity index (χ2v) is 9.55. The fraction of sp³-hybridized carbons (Fsp3) is 0.310. The molecule has 35 heavy (non-hydrogen) atoms. The van der Waals surface area contributed by atoms with E-state index in [2.05, 4.69) is 0 Å². The Labute approximate surface area is 206 Å². The smallest absolute Gasteiger partial charge is 0.411 e. The molecule has 1 amide bonds. The maximum Gasteiger partial charge on any atom is 0.411 e. The molecule has 182 valence electrons. The molecular weight excluding hydrogens is 442 g/mol. The zero-order chi connectivity index (χ0) is 24.8. The van der Waals surface area contributed by atoms with Gasteiger partial charge in [-0.2, -0.15) is 0 Å². The van der Waals surface area contributed by atoms with Gasteiger partial charge in [-0.15, -0.1) is 0 Å². The third-order valence-electron chi connectivity index (χ3n) is 5.67. The lowest BCUT2D eigenvalue weighted by atomic mass is 9.92. The topological polar surface area (TPSA) is 65.1 Å². The maximum absolute atomic E-state index is 13.3. The highest BCUT2D eigenvalue weighted by molar-refractivity contribution is 5.84. The normalized spacial score (nSPS) is 15.2.